The number of carbonyl (C=O) groups excluding carboxylic acids is 2. The number of hydrogen-bond donors (Lipinski definition) is 3. The van der Waals surface area contributed by atoms with E-state index in [4.69, 9.17) is 0 Å². The van der Waals surface area contributed by atoms with E-state index in [9.17, 15) is 27.9 Å². The van der Waals surface area contributed by atoms with Crippen LogP contribution in [0.4, 0.5) is 5.69 Å². The van der Waals surface area contributed by atoms with Crippen molar-refractivity contribution in [1.29, 1.82) is 0 Å². The van der Waals surface area contributed by atoms with Crippen molar-refractivity contribution in [1.82, 2.24) is 9.88 Å². The Balaban J connectivity index is 1.54. The zero-order valence-corrected chi connectivity index (χ0v) is 22.3. The highest BCUT2D eigenvalue weighted by Gasteiger charge is 2.28. The Labute approximate surface area is 221 Å². The molecule has 1 saturated carbocycles. The number of aromatic nitrogens is 1. The van der Waals surface area contributed by atoms with Gasteiger partial charge in [-0.3, -0.25) is 14.4 Å². The molecule has 0 spiro atoms. The highest BCUT2D eigenvalue weighted by Crippen LogP contribution is 2.27. The average Bonchev–Trinajstić information content (AvgIpc) is 3.17. The van der Waals surface area contributed by atoms with Crippen molar-refractivity contribution in [2.45, 2.75) is 50.5 Å². The fourth-order valence-corrected chi connectivity index (χ4v) is 5.59. The minimum Gasteiger partial charge on any atom is -0.481 e. The molecule has 3 aromatic rings. The first-order chi connectivity index (χ1) is 18.0. The van der Waals surface area contributed by atoms with E-state index in [1.165, 1.54) is 24.3 Å². The number of benzene rings is 2. The van der Waals surface area contributed by atoms with E-state index < -0.39 is 15.8 Å². The lowest BCUT2D eigenvalue weighted by molar-refractivity contribution is -0.142. The van der Waals surface area contributed by atoms with Crippen LogP contribution >= 0.6 is 0 Å². The number of carboxylic acids is 1. The number of aryl methyl sites for hydroxylation is 1. The Morgan fingerprint density at radius 1 is 0.895 bits per heavy atom. The predicted molar refractivity (Wildman–Crippen MR) is 144 cm³/mol. The highest BCUT2D eigenvalue weighted by molar-refractivity contribution is 7.90. The van der Waals surface area contributed by atoms with Crippen molar-refractivity contribution in [2.75, 3.05) is 11.6 Å². The molecule has 0 atom stereocenters. The van der Waals surface area contributed by atoms with Gasteiger partial charge in [-0.1, -0.05) is 12.1 Å². The Bertz CT molecular complexity index is 1480. The van der Waals surface area contributed by atoms with Crippen LogP contribution in [-0.4, -0.2) is 48.2 Å². The molecule has 1 aliphatic rings. The van der Waals surface area contributed by atoms with Gasteiger partial charge in [0.15, 0.2) is 9.84 Å². The van der Waals surface area contributed by atoms with Gasteiger partial charge in [0.05, 0.1) is 27.6 Å². The predicted octanol–water partition coefficient (Wildman–Crippen LogP) is 4.12. The molecule has 4 rings (SSSR count). The molecule has 38 heavy (non-hydrogen) atoms. The van der Waals surface area contributed by atoms with Crippen LogP contribution in [0.15, 0.2) is 59.5 Å². The van der Waals surface area contributed by atoms with Gasteiger partial charge in [-0.05, 0) is 82.0 Å². The summed E-state index contributed by atoms with van der Waals surface area (Å²) in [5, 5.41) is 15.1. The van der Waals surface area contributed by atoms with E-state index in [-0.39, 0.29) is 28.7 Å². The Hall–Kier alpha value is -3.92. The van der Waals surface area contributed by atoms with Gasteiger partial charge in [-0.25, -0.2) is 8.42 Å². The number of rotatable bonds is 7. The molecular weight excluding hydrogens is 506 g/mol. The molecule has 1 fully saturated rings. The second-order valence-electron chi connectivity index (χ2n) is 9.75. The summed E-state index contributed by atoms with van der Waals surface area (Å²) in [6, 6.07) is 14.8. The van der Waals surface area contributed by atoms with Gasteiger partial charge < -0.3 is 20.3 Å². The van der Waals surface area contributed by atoms with Crippen molar-refractivity contribution < 1.29 is 27.9 Å². The number of nitrogens with one attached hydrogen (secondary N) is 2. The van der Waals surface area contributed by atoms with Crippen LogP contribution in [0.5, 0.6) is 0 Å². The van der Waals surface area contributed by atoms with E-state index in [1.54, 1.807) is 25.1 Å². The summed E-state index contributed by atoms with van der Waals surface area (Å²) in [5.74, 6) is -1.75. The van der Waals surface area contributed by atoms with E-state index in [0.717, 1.165) is 11.9 Å². The van der Waals surface area contributed by atoms with Gasteiger partial charge in [-0.2, -0.15) is 0 Å². The average molecular weight is 538 g/mol. The topological polar surface area (TPSA) is 135 Å². The number of sulfone groups is 1. The van der Waals surface area contributed by atoms with Crippen LogP contribution in [0.3, 0.4) is 0 Å². The van der Waals surface area contributed by atoms with E-state index in [2.05, 4.69) is 10.6 Å². The number of hydrogen-bond acceptors (Lipinski definition) is 5. The minimum atomic E-state index is -3.34. The molecule has 0 aliphatic heterocycles. The molecule has 1 aromatic heterocycles. The van der Waals surface area contributed by atoms with Gasteiger partial charge >= 0.3 is 5.97 Å². The second-order valence-corrected chi connectivity index (χ2v) is 11.8. The fourth-order valence-electron chi connectivity index (χ4n) is 4.96. The Kier molecular flexibility index (Phi) is 7.73. The van der Waals surface area contributed by atoms with E-state index in [0.29, 0.717) is 53.9 Å². The lowest BCUT2D eigenvalue weighted by atomic mass is 9.86. The molecule has 1 heterocycles. The standard InChI is InChI=1S/C28H31N3O6S/c1-17-16-24(27(33)30-21-12-14-22(15-13-21)38(3,36)37)18(2)31(17)25-7-5-4-6-23(25)26(32)29-20-10-8-19(9-11-20)28(34)35/h4-7,12-16,19-20H,8-11H2,1-3H3,(H,29,32)(H,30,33)(H,34,35)/t19-,20+. The van der Waals surface area contributed by atoms with Gasteiger partial charge in [0, 0.05) is 29.4 Å². The molecule has 10 heteroatoms. The quantitative estimate of drug-likeness (QED) is 0.415. The normalized spacial score (nSPS) is 17.6. The number of anilines is 1. The van der Waals surface area contributed by atoms with Gasteiger partial charge in [0.1, 0.15) is 0 Å². The third kappa shape index (κ3) is 5.80. The first-order valence-corrected chi connectivity index (χ1v) is 14.3. The largest absolute Gasteiger partial charge is 0.481 e. The van der Waals surface area contributed by atoms with E-state index >= 15 is 0 Å². The number of carbonyl (C=O) groups is 3. The minimum absolute atomic E-state index is 0.0894. The molecule has 0 saturated heterocycles. The SMILES string of the molecule is Cc1cc(C(=O)Nc2ccc(S(C)(=O)=O)cc2)c(C)n1-c1ccccc1C(=O)N[C@H]1CC[C@@H](C(=O)O)CC1. The lowest BCUT2D eigenvalue weighted by Gasteiger charge is -2.27. The number of aliphatic carboxylic acids is 1. The molecule has 1 aliphatic carbocycles. The van der Waals surface area contributed by atoms with Crippen LogP contribution in [0.2, 0.25) is 0 Å². The number of para-hydroxylation sites is 1. The van der Waals surface area contributed by atoms with Gasteiger partial charge in [-0.15, -0.1) is 0 Å². The summed E-state index contributed by atoms with van der Waals surface area (Å²) in [7, 11) is -3.34. The van der Waals surface area contributed by atoms with Crippen molar-refractivity contribution in [3.63, 3.8) is 0 Å². The lowest BCUT2D eigenvalue weighted by Crippen LogP contribution is -2.39. The van der Waals surface area contributed by atoms with Crippen LogP contribution < -0.4 is 10.6 Å². The first-order valence-electron chi connectivity index (χ1n) is 12.4. The molecule has 3 N–H and O–H groups in total. The van der Waals surface area contributed by atoms with Crippen LogP contribution in [0, 0.1) is 19.8 Å². The van der Waals surface area contributed by atoms with Crippen molar-refractivity contribution in [2.24, 2.45) is 5.92 Å². The van der Waals surface area contributed by atoms with Crippen molar-refractivity contribution in [3.05, 3.63) is 77.1 Å². The molecular formula is C28H31N3O6S. The second kappa shape index (κ2) is 10.8. The molecule has 0 bridgehead atoms. The summed E-state index contributed by atoms with van der Waals surface area (Å²) in [4.78, 5) is 37.8. The molecule has 2 amide bonds. The smallest absolute Gasteiger partial charge is 0.306 e. The monoisotopic (exact) mass is 537 g/mol. The van der Waals surface area contributed by atoms with Crippen LogP contribution in [-0.2, 0) is 14.6 Å². The fraction of sp³-hybridized carbons (Fsp3) is 0.321. The molecule has 2 aromatic carbocycles. The zero-order valence-electron chi connectivity index (χ0n) is 21.5. The summed E-state index contributed by atoms with van der Waals surface area (Å²) < 4.78 is 25.2. The summed E-state index contributed by atoms with van der Waals surface area (Å²) in [6.45, 7) is 3.66. The Morgan fingerprint density at radius 3 is 2.13 bits per heavy atom. The van der Waals surface area contributed by atoms with Gasteiger partial charge in [0.2, 0.25) is 0 Å². The maximum atomic E-state index is 13.3. The van der Waals surface area contributed by atoms with Crippen molar-refractivity contribution >= 4 is 33.3 Å². The molecule has 9 nitrogen and oxygen atoms in total. The Morgan fingerprint density at radius 2 is 1.53 bits per heavy atom. The maximum Gasteiger partial charge on any atom is 0.306 e. The first kappa shape index (κ1) is 27.1. The third-order valence-corrected chi connectivity index (χ3v) is 8.15. The number of carboxylic acid groups (broad SMARTS) is 1. The van der Waals surface area contributed by atoms with Crippen LogP contribution in [0.1, 0.15) is 57.8 Å². The maximum absolute atomic E-state index is 13.3. The number of nitrogens with zero attached hydrogens (tertiary/aromatic N) is 1. The third-order valence-electron chi connectivity index (χ3n) is 7.02. The summed E-state index contributed by atoms with van der Waals surface area (Å²) >= 11 is 0. The zero-order chi connectivity index (χ0) is 27.6. The van der Waals surface area contributed by atoms with Crippen molar-refractivity contribution in [3.8, 4) is 5.69 Å². The van der Waals surface area contributed by atoms with Crippen LogP contribution in [0.25, 0.3) is 5.69 Å². The highest BCUT2D eigenvalue weighted by atomic mass is 32.2. The molecule has 0 radical (unpaired) electrons. The summed E-state index contributed by atoms with van der Waals surface area (Å²) in [6.07, 6.45) is 3.42. The van der Waals surface area contributed by atoms with E-state index in [1.807, 2.05) is 23.6 Å². The molecule has 0 unspecified atom stereocenters. The number of amides is 2. The summed E-state index contributed by atoms with van der Waals surface area (Å²) in [5.41, 5.74) is 3.40. The molecule has 200 valence electrons. The van der Waals surface area contributed by atoms with Gasteiger partial charge in [0.25, 0.3) is 11.8 Å².